The summed E-state index contributed by atoms with van der Waals surface area (Å²) in [6.45, 7) is 35.3. The SMILES string of the molecule is [B]C([CH2-])(C)CC1(CC([CH2-])(C)C)CCC1C.[CH2-]C(C)C1([CH2-])CC(C)CCCC(C)(C)C1.[Y].[Y]. The van der Waals surface area contributed by atoms with Gasteiger partial charge in [-0.3, -0.25) is 0 Å². The third kappa shape index (κ3) is 12.5. The zero-order valence-electron chi connectivity index (χ0n) is 23.2. The van der Waals surface area contributed by atoms with Gasteiger partial charge in [0.2, 0.25) is 0 Å². The Morgan fingerprint density at radius 3 is 1.88 bits per heavy atom. The van der Waals surface area contributed by atoms with E-state index in [1.165, 1.54) is 51.4 Å². The van der Waals surface area contributed by atoms with Crippen LogP contribution in [0.4, 0.5) is 0 Å². The Morgan fingerprint density at radius 1 is 1.00 bits per heavy atom. The van der Waals surface area contributed by atoms with E-state index in [1.807, 2.05) is 6.92 Å². The quantitative estimate of drug-likeness (QED) is 0.221. The molecule has 32 heavy (non-hydrogen) atoms. The van der Waals surface area contributed by atoms with E-state index in [-0.39, 0.29) is 81.6 Å². The molecule has 0 nitrogen and oxygen atoms in total. The summed E-state index contributed by atoms with van der Waals surface area (Å²) in [5.41, 5.74) is 1.20. The average Bonchev–Trinajstić information content (AvgIpc) is 2.48. The Labute approximate surface area is 256 Å². The second kappa shape index (κ2) is 13.7. The van der Waals surface area contributed by atoms with Gasteiger partial charge in [0.15, 0.2) is 0 Å². The maximum absolute atomic E-state index is 6.08. The van der Waals surface area contributed by atoms with E-state index in [9.17, 15) is 0 Å². The summed E-state index contributed by atoms with van der Waals surface area (Å²) in [5.74, 6) is 2.06. The number of hydrogen-bond donors (Lipinski definition) is 0. The van der Waals surface area contributed by atoms with Gasteiger partial charge in [-0.15, -0.1) is 0 Å². The minimum Gasteiger partial charge on any atom is -0.346 e. The molecule has 0 bridgehead atoms. The summed E-state index contributed by atoms with van der Waals surface area (Å²) in [6.07, 6.45) is 11.4. The first-order valence-corrected chi connectivity index (χ1v) is 12.5. The largest absolute Gasteiger partial charge is 0.346 e. The molecule has 0 aromatic carbocycles. The van der Waals surface area contributed by atoms with Crippen molar-refractivity contribution in [3.8, 4) is 0 Å². The summed E-state index contributed by atoms with van der Waals surface area (Å²) in [5, 5.41) is -0.292. The molecule has 0 heterocycles. The predicted molar refractivity (Wildman–Crippen MR) is 137 cm³/mol. The van der Waals surface area contributed by atoms with Crippen molar-refractivity contribution in [3.05, 3.63) is 27.7 Å². The predicted octanol–water partition coefficient (Wildman–Crippen LogP) is 9.12. The molecule has 0 spiro atoms. The van der Waals surface area contributed by atoms with Gasteiger partial charge >= 0.3 is 0 Å². The first kappa shape index (κ1) is 36.4. The summed E-state index contributed by atoms with van der Waals surface area (Å²) in [6, 6.07) is 0. The van der Waals surface area contributed by atoms with E-state index in [1.54, 1.807) is 0 Å². The molecule has 4 radical (unpaired) electrons. The molecule has 0 aliphatic heterocycles. The zero-order valence-corrected chi connectivity index (χ0v) is 28.8. The molecule has 2 saturated carbocycles. The third-order valence-corrected chi connectivity index (χ3v) is 7.89. The van der Waals surface area contributed by atoms with E-state index >= 15 is 0 Å². The van der Waals surface area contributed by atoms with Gasteiger partial charge in [-0.1, -0.05) is 93.9 Å². The summed E-state index contributed by atoms with van der Waals surface area (Å²) < 4.78 is 0. The van der Waals surface area contributed by atoms with E-state index < -0.39 is 0 Å². The van der Waals surface area contributed by atoms with Gasteiger partial charge in [0, 0.05) is 73.3 Å². The van der Waals surface area contributed by atoms with Gasteiger partial charge in [-0.2, -0.15) is 22.1 Å². The van der Waals surface area contributed by atoms with Gasteiger partial charge in [-0.25, -0.2) is 0 Å². The van der Waals surface area contributed by atoms with Crippen molar-refractivity contribution in [1.82, 2.24) is 0 Å². The second-order valence-electron chi connectivity index (χ2n) is 13.8. The third-order valence-electron chi connectivity index (χ3n) is 7.89. The van der Waals surface area contributed by atoms with Crippen LogP contribution in [0, 0.1) is 67.1 Å². The monoisotopic (exact) mass is 590 g/mol. The van der Waals surface area contributed by atoms with Crippen LogP contribution in [0.5, 0.6) is 0 Å². The van der Waals surface area contributed by atoms with Crippen molar-refractivity contribution in [2.75, 3.05) is 0 Å². The van der Waals surface area contributed by atoms with Crippen molar-refractivity contribution < 1.29 is 65.4 Å². The molecule has 0 N–H and O–H groups in total. The number of rotatable bonds is 5. The smallest absolute Gasteiger partial charge is 0.0344 e. The fourth-order valence-corrected chi connectivity index (χ4v) is 6.40. The van der Waals surface area contributed by atoms with Crippen LogP contribution in [-0.4, -0.2) is 7.85 Å². The van der Waals surface area contributed by atoms with Crippen molar-refractivity contribution >= 4 is 7.85 Å². The normalized spacial score (nSPS) is 35.1. The molecule has 2 fully saturated rings. The van der Waals surface area contributed by atoms with Crippen LogP contribution in [0.25, 0.3) is 0 Å². The van der Waals surface area contributed by atoms with E-state index in [0.717, 1.165) is 18.3 Å². The molecule has 6 unspecified atom stereocenters. The van der Waals surface area contributed by atoms with Crippen LogP contribution in [0.1, 0.15) is 113 Å². The molecule has 2 aliphatic rings. The zero-order chi connectivity index (χ0) is 23.6. The molecule has 0 saturated heterocycles. The van der Waals surface area contributed by atoms with Crippen LogP contribution in [-0.2, 0) is 65.4 Å². The van der Waals surface area contributed by atoms with Gasteiger partial charge in [-0.05, 0) is 41.9 Å². The molecule has 0 amide bonds. The van der Waals surface area contributed by atoms with Crippen molar-refractivity contribution in [1.29, 1.82) is 0 Å². The second-order valence-corrected chi connectivity index (χ2v) is 13.8. The minimum absolute atomic E-state index is 0. The fraction of sp³-hybridized carbons (Fsp3) is 0.862. The first-order chi connectivity index (χ1) is 13.3. The van der Waals surface area contributed by atoms with Crippen LogP contribution < -0.4 is 0 Å². The molecule has 2 aliphatic carbocycles. The van der Waals surface area contributed by atoms with E-state index in [2.05, 4.69) is 76.2 Å². The van der Waals surface area contributed by atoms with Crippen molar-refractivity contribution in [2.45, 2.75) is 118 Å². The first-order valence-electron chi connectivity index (χ1n) is 12.5. The molecule has 0 aromatic rings. The van der Waals surface area contributed by atoms with Gasteiger partial charge in [0.1, 0.15) is 0 Å². The summed E-state index contributed by atoms with van der Waals surface area (Å²) in [7, 11) is 6.08. The standard InChI is InChI=1S/C15H28.C14H25B.2Y/c1-12(2)15(6)10-13(3)8-7-9-14(4,5)11-15;1-11-7-8-14(11,9-12(2,3)4)10-13(5,6)15;;/h12-13H,1,6-11H2,2-5H3;11H,2,5,7-10H2,1,3-4,6H3;;/q2*-2;;. The van der Waals surface area contributed by atoms with Crippen LogP contribution >= 0.6 is 0 Å². The van der Waals surface area contributed by atoms with Crippen molar-refractivity contribution in [2.24, 2.45) is 39.4 Å². The molecule has 3 heteroatoms. The van der Waals surface area contributed by atoms with E-state index in [4.69, 9.17) is 7.85 Å². The fourth-order valence-electron chi connectivity index (χ4n) is 6.40. The molecule has 2 rings (SSSR count). The Morgan fingerprint density at radius 2 is 1.53 bits per heavy atom. The number of hydrogen-bond acceptors (Lipinski definition) is 0. The van der Waals surface area contributed by atoms with Gasteiger partial charge in [0.25, 0.3) is 0 Å². The molecular weight excluding hydrogens is 537 g/mol. The molecule has 0 aromatic heterocycles. The maximum Gasteiger partial charge on any atom is 0.0344 e. The Kier molecular flexibility index (Phi) is 15.6. The Hall–Kier alpha value is 2.27. The minimum atomic E-state index is -0.292. The van der Waals surface area contributed by atoms with Crippen LogP contribution in [0.15, 0.2) is 0 Å². The van der Waals surface area contributed by atoms with Gasteiger partial charge in [0.05, 0.1) is 0 Å². The van der Waals surface area contributed by atoms with Gasteiger partial charge < -0.3 is 27.7 Å². The Bertz CT molecular complexity index is 510. The maximum atomic E-state index is 6.08. The summed E-state index contributed by atoms with van der Waals surface area (Å²) in [4.78, 5) is 0. The molecule has 6 atom stereocenters. The average molecular weight is 590 g/mol. The van der Waals surface area contributed by atoms with Crippen molar-refractivity contribution in [3.63, 3.8) is 0 Å². The summed E-state index contributed by atoms with van der Waals surface area (Å²) >= 11 is 0. The molecule has 182 valence electrons. The Balaban J connectivity index is 0. The van der Waals surface area contributed by atoms with Crippen LogP contribution in [0.3, 0.4) is 0 Å². The molecular formula is C29H53BY2-4. The topological polar surface area (TPSA) is 0 Å². The van der Waals surface area contributed by atoms with E-state index in [0.29, 0.717) is 16.7 Å². The van der Waals surface area contributed by atoms with Crippen LogP contribution in [0.2, 0.25) is 5.31 Å².